The summed E-state index contributed by atoms with van der Waals surface area (Å²) in [5.41, 5.74) is 0. The van der Waals surface area contributed by atoms with E-state index in [4.69, 9.17) is 9.05 Å². The standard InChI is InChI=1S/C5H12NO3P/c1-5-4-6(5)10(7,8-2)9-3/h5H,4H2,1-3H3/t5-,6?/m1/s1. The lowest BCUT2D eigenvalue weighted by atomic mass is 10.6. The molecule has 1 rings (SSSR count). The van der Waals surface area contributed by atoms with E-state index in [2.05, 4.69) is 0 Å². The van der Waals surface area contributed by atoms with Crippen LogP contribution in [-0.2, 0) is 13.6 Å². The first-order chi connectivity index (χ1) is 4.64. The molecular formula is C5H12NO3P. The van der Waals surface area contributed by atoms with Gasteiger partial charge in [-0.25, -0.2) is 9.24 Å². The van der Waals surface area contributed by atoms with Gasteiger partial charge in [0.1, 0.15) is 0 Å². The SMILES string of the molecule is COP(=O)(OC)N1C[C@H]1C. The Hall–Kier alpha value is 0.110. The maximum atomic E-state index is 11.4. The van der Waals surface area contributed by atoms with Crippen molar-refractivity contribution in [2.24, 2.45) is 0 Å². The highest BCUT2D eigenvalue weighted by Gasteiger charge is 2.45. The molecule has 1 unspecified atom stereocenters. The number of hydrogen-bond donors (Lipinski definition) is 0. The third kappa shape index (κ3) is 1.25. The summed E-state index contributed by atoms with van der Waals surface area (Å²) in [6.45, 7) is 2.78. The minimum atomic E-state index is -2.86. The van der Waals surface area contributed by atoms with E-state index in [0.29, 0.717) is 6.04 Å². The molecular weight excluding hydrogens is 153 g/mol. The van der Waals surface area contributed by atoms with Crippen molar-refractivity contribution in [2.75, 3.05) is 20.8 Å². The Morgan fingerprint density at radius 1 is 1.50 bits per heavy atom. The van der Waals surface area contributed by atoms with E-state index in [1.807, 2.05) is 6.92 Å². The highest BCUT2D eigenvalue weighted by molar-refractivity contribution is 7.51. The molecule has 10 heavy (non-hydrogen) atoms. The summed E-state index contributed by atoms with van der Waals surface area (Å²) in [5, 5.41) is 0. The van der Waals surface area contributed by atoms with Crippen molar-refractivity contribution in [2.45, 2.75) is 13.0 Å². The topological polar surface area (TPSA) is 38.5 Å². The van der Waals surface area contributed by atoms with Crippen LogP contribution in [0, 0.1) is 0 Å². The van der Waals surface area contributed by atoms with Crippen molar-refractivity contribution in [1.82, 2.24) is 4.67 Å². The van der Waals surface area contributed by atoms with Crippen LogP contribution in [0.15, 0.2) is 0 Å². The summed E-state index contributed by atoms with van der Waals surface area (Å²) < 4.78 is 22.6. The van der Waals surface area contributed by atoms with E-state index in [1.165, 1.54) is 14.2 Å². The predicted molar refractivity (Wildman–Crippen MR) is 37.8 cm³/mol. The molecule has 0 bridgehead atoms. The van der Waals surface area contributed by atoms with Gasteiger partial charge >= 0.3 is 7.75 Å². The largest absolute Gasteiger partial charge is 0.407 e. The summed E-state index contributed by atoms with van der Waals surface area (Å²) in [5.74, 6) is 0. The van der Waals surface area contributed by atoms with E-state index in [9.17, 15) is 4.57 Å². The first-order valence-corrected chi connectivity index (χ1v) is 4.62. The van der Waals surface area contributed by atoms with Gasteiger partial charge in [0.2, 0.25) is 0 Å². The van der Waals surface area contributed by atoms with Gasteiger partial charge in [0, 0.05) is 26.8 Å². The van der Waals surface area contributed by atoms with Gasteiger partial charge in [-0.3, -0.25) is 9.05 Å². The van der Waals surface area contributed by atoms with Crippen molar-refractivity contribution in [3.63, 3.8) is 0 Å². The molecule has 0 amide bonds. The Labute approximate surface area is 60.7 Å². The van der Waals surface area contributed by atoms with E-state index >= 15 is 0 Å². The second kappa shape index (κ2) is 2.62. The van der Waals surface area contributed by atoms with Crippen molar-refractivity contribution in [1.29, 1.82) is 0 Å². The van der Waals surface area contributed by atoms with Crippen molar-refractivity contribution < 1.29 is 13.6 Å². The van der Waals surface area contributed by atoms with Crippen LogP contribution < -0.4 is 0 Å². The molecule has 1 aliphatic heterocycles. The molecule has 0 aliphatic carbocycles. The third-order valence-electron chi connectivity index (χ3n) is 1.60. The summed E-state index contributed by atoms with van der Waals surface area (Å²) >= 11 is 0. The second-order valence-corrected chi connectivity index (χ2v) is 4.49. The van der Waals surface area contributed by atoms with Crippen LogP contribution >= 0.6 is 7.75 Å². The van der Waals surface area contributed by atoms with Gasteiger partial charge in [-0.15, -0.1) is 0 Å². The summed E-state index contributed by atoms with van der Waals surface area (Å²) in [6, 6.07) is 0.339. The van der Waals surface area contributed by atoms with Gasteiger partial charge in [0.05, 0.1) is 0 Å². The van der Waals surface area contributed by atoms with Crippen molar-refractivity contribution in [3.05, 3.63) is 0 Å². The van der Waals surface area contributed by atoms with E-state index < -0.39 is 7.75 Å². The van der Waals surface area contributed by atoms with Crippen LogP contribution in [0.3, 0.4) is 0 Å². The molecule has 0 saturated carbocycles. The molecule has 0 aromatic rings. The monoisotopic (exact) mass is 165 g/mol. The Morgan fingerprint density at radius 3 is 2.00 bits per heavy atom. The van der Waals surface area contributed by atoms with Gasteiger partial charge in [-0.05, 0) is 6.92 Å². The Morgan fingerprint density at radius 2 is 1.90 bits per heavy atom. The van der Waals surface area contributed by atoms with Crippen molar-refractivity contribution >= 4 is 7.75 Å². The molecule has 0 N–H and O–H groups in total. The first kappa shape index (κ1) is 8.21. The number of hydrogen-bond acceptors (Lipinski definition) is 3. The van der Waals surface area contributed by atoms with Gasteiger partial charge < -0.3 is 0 Å². The molecule has 5 heteroatoms. The smallest absolute Gasteiger partial charge is 0.300 e. The van der Waals surface area contributed by atoms with Crippen LogP contribution in [0.1, 0.15) is 6.92 Å². The lowest BCUT2D eigenvalue weighted by molar-refractivity contribution is 0.245. The van der Waals surface area contributed by atoms with Crippen LogP contribution in [-0.4, -0.2) is 31.5 Å². The molecule has 0 radical (unpaired) electrons. The molecule has 1 aliphatic rings. The van der Waals surface area contributed by atoms with Gasteiger partial charge in [-0.1, -0.05) is 0 Å². The molecule has 0 aromatic heterocycles. The van der Waals surface area contributed by atoms with Gasteiger partial charge in [0.25, 0.3) is 0 Å². The number of nitrogens with zero attached hydrogens (tertiary/aromatic N) is 1. The molecule has 1 heterocycles. The van der Waals surface area contributed by atoms with Crippen LogP contribution in [0.4, 0.5) is 0 Å². The molecule has 0 aromatic carbocycles. The normalized spacial score (nSPS) is 32.3. The average molecular weight is 165 g/mol. The lowest BCUT2D eigenvalue weighted by Gasteiger charge is -2.13. The Balaban J connectivity index is 2.57. The van der Waals surface area contributed by atoms with Gasteiger partial charge in [0.15, 0.2) is 0 Å². The minimum absolute atomic E-state index is 0.339. The van der Waals surface area contributed by atoms with Gasteiger partial charge in [-0.2, -0.15) is 0 Å². The molecule has 60 valence electrons. The van der Waals surface area contributed by atoms with Crippen LogP contribution in [0.2, 0.25) is 0 Å². The molecule has 0 spiro atoms. The van der Waals surface area contributed by atoms with E-state index in [-0.39, 0.29) is 0 Å². The average Bonchev–Trinajstić information content (AvgIpc) is 2.66. The predicted octanol–water partition coefficient (Wildman–Crippen LogP) is 1.09. The fourth-order valence-corrected chi connectivity index (χ4v) is 2.34. The summed E-state index contributed by atoms with van der Waals surface area (Å²) in [4.78, 5) is 0. The summed E-state index contributed by atoms with van der Waals surface area (Å²) in [7, 11) is -0.0685. The van der Waals surface area contributed by atoms with Crippen molar-refractivity contribution in [3.8, 4) is 0 Å². The number of rotatable bonds is 3. The highest BCUT2D eigenvalue weighted by Crippen LogP contribution is 2.56. The summed E-state index contributed by atoms with van der Waals surface area (Å²) in [6.07, 6.45) is 0. The second-order valence-electron chi connectivity index (χ2n) is 2.30. The van der Waals surface area contributed by atoms with E-state index in [0.717, 1.165) is 6.54 Å². The molecule has 2 atom stereocenters. The fraction of sp³-hybridized carbons (Fsp3) is 1.00. The van der Waals surface area contributed by atoms with Crippen LogP contribution in [0.25, 0.3) is 0 Å². The zero-order valence-corrected chi connectivity index (χ0v) is 7.30. The molecule has 1 fully saturated rings. The minimum Gasteiger partial charge on any atom is -0.300 e. The lowest BCUT2D eigenvalue weighted by Crippen LogP contribution is -2.00. The van der Waals surface area contributed by atoms with E-state index in [1.54, 1.807) is 4.67 Å². The Kier molecular flexibility index (Phi) is 2.15. The molecule has 1 saturated heterocycles. The Bertz CT molecular complexity index is 164. The zero-order chi connectivity index (χ0) is 7.78. The maximum absolute atomic E-state index is 11.4. The fourth-order valence-electron chi connectivity index (χ4n) is 0.849. The first-order valence-electron chi connectivity index (χ1n) is 3.12. The zero-order valence-electron chi connectivity index (χ0n) is 6.40. The molecule has 4 nitrogen and oxygen atoms in total. The highest BCUT2D eigenvalue weighted by atomic mass is 31.2. The third-order valence-corrected chi connectivity index (χ3v) is 3.71. The quantitative estimate of drug-likeness (QED) is 0.463. The maximum Gasteiger partial charge on any atom is 0.407 e. The van der Waals surface area contributed by atoms with Crippen LogP contribution in [0.5, 0.6) is 0 Å².